The van der Waals surface area contributed by atoms with E-state index in [0.717, 1.165) is 16.9 Å². The van der Waals surface area contributed by atoms with Crippen LogP contribution in [-0.2, 0) is 16.1 Å². The summed E-state index contributed by atoms with van der Waals surface area (Å²) in [5, 5.41) is 0.570. The molecular weight excluding hydrogens is 390 g/mol. The van der Waals surface area contributed by atoms with Crippen molar-refractivity contribution in [2.45, 2.75) is 25.8 Å². The van der Waals surface area contributed by atoms with E-state index in [4.69, 9.17) is 26.1 Å². The Bertz CT molecular complexity index is 1030. The van der Waals surface area contributed by atoms with E-state index in [0.29, 0.717) is 49.2 Å². The Morgan fingerprint density at radius 3 is 2.86 bits per heavy atom. The van der Waals surface area contributed by atoms with E-state index in [1.165, 1.54) is 0 Å². The first-order valence-corrected chi connectivity index (χ1v) is 10.2. The average Bonchev–Trinajstić information content (AvgIpc) is 3.29. The summed E-state index contributed by atoms with van der Waals surface area (Å²) >= 11 is 6.18. The Morgan fingerprint density at radius 1 is 1.24 bits per heavy atom. The Labute approximate surface area is 175 Å². The fourth-order valence-corrected chi connectivity index (χ4v) is 4.09. The molecule has 1 aliphatic heterocycles. The van der Waals surface area contributed by atoms with E-state index < -0.39 is 0 Å². The van der Waals surface area contributed by atoms with Gasteiger partial charge in [0.05, 0.1) is 30.4 Å². The first kappa shape index (κ1) is 19.7. The van der Waals surface area contributed by atoms with Gasteiger partial charge >= 0.3 is 0 Å². The lowest BCUT2D eigenvalue weighted by atomic mass is 10.1. The first-order valence-electron chi connectivity index (χ1n) is 9.79. The van der Waals surface area contributed by atoms with Gasteiger partial charge in [-0.1, -0.05) is 23.7 Å². The molecule has 0 spiro atoms. The average molecular weight is 414 g/mol. The van der Waals surface area contributed by atoms with Gasteiger partial charge in [-0.2, -0.15) is 0 Å². The Hall–Kier alpha value is -2.57. The number of ether oxygens (including phenoxy) is 2. The summed E-state index contributed by atoms with van der Waals surface area (Å²) in [5.74, 6) is 1.58. The summed E-state index contributed by atoms with van der Waals surface area (Å²) in [4.78, 5) is 19.5. The molecule has 1 saturated heterocycles. The number of methoxy groups -OCH3 is 1. The number of fused-ring (bicyclic) bond motifs is 1. The summed E-state index contributed by atoms with van der Waals surface area (Å²) in [6.07, 6.45) is 0.396. The molecule has 0 bridgehead atoms. The third-order valence-corrected chi connectivity index (χ3v) is 5.50. The van der Waals surface area contributed by atoms with Crippen LogP contribution in [0.5, 0.6) is 5.75 Å². The summed E-state index contributed by atoms with van der Waals surface area (Å²) in [6.45, 7) is 4.50. The molecule has 1 aromatic heterocycles. The summed E-state index contributed by atoms with van der Waals surface area (Å²) in [6, 6.07) is 13.4. The number of aromatic nitrogens is 2. The van der Waals surface area contributed by atoms with Crippen molar-refractivity contribution in [1.82, 2.24) is 9.55 Å². The number of carbonyl (C=O) groups is 1. The number of nitrogens with zero attached hydrogens (tertiary/aromatic N) is 3. The zero-order valence-electron chi connectivity index (χ0n) is 16.6. The van der Waals surface area contributed by atoms with Crippen molar-refractivity contribution >= 4 is 34.2 Å². The second-order valence-electron chi connectivity index (χ2n) is 7.03. The van der Waals surface area contributed by atoms with Gasteiger partial charge in [-0.05, 0) is 37.3 Å². The van der Waals surface area contributed by atoms with E-state index in [1.54, 1.807) is 30.2 Å². The lowest BCUT2D eigenvalue weighted by molar-refractivity contribution is -0.117. The minimum Gasteiger partial charge on any atom is -0.495 e. The van der Waals surface area contributed by atoms with E-state index in [9.17, 15) is 4.79 Å². The molecule has 0 aliphatic carbocycles. The molecule has 7 heteroatoms. The molecule has 29 heavy (non-hydrogen) atoms. The highest BCUT2D eigenvalue weighted by Crippen LogP contribution is 2.38. The van der Waals surface area contributed by atoms with Crippen LogP contribution in [0, 0.1) is 0 Å². The molecule has 1 aliphatic rings. The van der Waals surface area contributed by atoms with Crippen molar-refractivity contribution in [2.24, 2.45) is 0 Å². The maximum atomic E-state index is 12.9. The van der Waals surface area contributed by atoms with Crippen LogP contribution < -0.4 is 9.64 Å². The number of hydrogen-bond donors (Lipinski definition) is 0. The smallest absolute Gasteiger partial charge is 0.227 e. The van der Waals surface area contributed by atoms with Crippen LogP contribution in [-0.4, -0.2) is 42.3 Å². The molecule has 0 saturated carbocycles. The van der Waals surface area contributed by atoms with Crippen molar-refractivity contribution in [3.05, 3.63) is 53.3 Å². The molecule has 1 amide bonds. The van der Waals surface area contributed by atoms with Gasteiger partial charge in [0.15, 0.2) is 0 Å². The van der Waals surface area contributed by atoms with Crippen LogP contribution in [0.3, 0.4) is 0 Å². The molecule has 2 aromatic carbocycles. The zero-order valence-corrected chi connectivity index (χ0v) is 17.4. The van der Waals surface area contributed by atoms with Crippen molar-refractivity contribution in [3.63, 3.8) is 0 Å². The third kappa shape index (κ3) is 3.82. The largest absolute Gasteiger partial charge is 0.495 e. The Morgan fingerprint density at radius 2 is 2.07 bits per heavy atom. The van der Waals surface area contributed by atoms with Gasteiger partial charge in [0.2, 0.25) is 5.91 Å². The minimum atomic E-state index is -0.0137. The quantitative estimate of drug-likeness (QED) is 0.543. The number of amides is 1. The predicted octanol–water partition coefficient (Wildman–Crippen LogP) is 4.26. The lowest BCUT2D eigenvalue weighted by Crippen LogP contribution is -2.25. The molecule has 2 heterocycles. The summed E-state index contributed by atoms with van der Waals surface area (Å²) < 4.78 is 13.2. The summed E-state index contributed by atoms with van der Waals surface area (Å²) in [7, 11) is 1.60. The van der Waals surface area contributed by atoms with E-state index in [2.05, 4.69) is 10.6 Å². The molecule has 0 N–H and O–H groups in total. The number of imidazole rings is 1. The maximum Gasteiger partial charge on any atom is 0.227 e. The van der Waals surface area contributed by atoms with E-state index in [-0.39, 0.29) is 11.8 Å². The molecule has 1 atom stereocenters. The van der Waals surface area contributed by atoms with Gasteiger partial charge in [0.25, 0.3) is 0 Å². The van der Waals surface area contributed by atoms with Gasteiger partial charge in [-0.15, -0.1) is 0 Å². The number of hydrogen-bond acceptors (Lipinski definition) is 4. The molecule has 152 valence electrons. The lowest BCUT2D eigenvalue weighted by Gasteiger charge is -2.20. The molecule has 4 rings (SSSR count). The zero-order chi connectivity index (χ0) is 20.4. The SMILES string of the molecule is CCOCCn1c(C2CC(=O)N(c3cc(Cl)ccc3OC)C2)nc2ccccc21. The molecule has 1 unspecified atom stereocenters. The predicted molar refractivity (Wildman–Crippen MR) is 114 cm³/mol. The topological polar surface area (TPSA) is 56.6 Å². The van der Waals surface area contributed by atoms with Crippen LogP contribution >= 0.6 is 11.6 Å². The van der Waals surface area contributed by atoms with Gasteiger partial charge in [0.1, 0.15) is 11.6 Å². The first-order chi connectivity index (χ1) is 14.1. The van der Waals surface area contributed by atoms with Gasteiger partial charge < -0.3 is 18.9 Å². The number of carbonyl (C=O) groups excluding carboxylic acids is 1. The highest BCUT2D eigenvalue weighted by Gasteiger charge is 2.36. The van der Waals surface area contributed by atoms with Crippen LogP contribution in [0.25, 0.3) is 11.0 Å². The molecule has 3 aromatic rings. The molecular formula is C22H24ClN3O3. The fraction of sp³-hybridized carbons (Fsp3) is 0.364. The summed E-state index contributed by atoms with van der Waals surface area (Å²) in [5.41, 5.74) is 2.70. The van der Waals surface area contributed by atoms with E-state index in [1.807, 2.05) is 25.1 Å². The van der Waals surface area contributed by atoms with Gasteiger partial charge in [-0.25, -0.2) is 4.98 Å². The van der Waals surface area contributed by atoms with Crippen LogP contribution in [0.4, 0.5) is 5.69 Å². The number of halogens is 1. The number of anilines is 1. The fourth-order valence-electron chi connectivity index (χ4n) is 3.93. The minimum absolute atomic E-state index is 0.0137. The monoisotopic (exact) mass is 413 g/mol. The van der Waals surface area contributed by atoms with Crippen LogP contribution in [0.1, 0.15) is 25.1 Å². The third-order valence-electron chi connectivity index (χ3n) is 5.27. The Kier molecular flexibility index (Phi) is 5.74. The highest BCUT2D eigenvalue weighted by atomic mass is 35.5. The number of rotatable bonds is 7. The van der Waals surface area contributed by atoms with Crippen molar-refractivity contribution < 1.29 is 14.3 Å². The number of para-hydroxylation sites is 2. The Balaban J connectivity index is 1.68. The van der Waals surface area contributed by atoms with E-state index >= 15 is 0 Å². The van der Waals surface area contributed by atoms with Crippen molar-refractivity contribution in [1.29, 1.82) is 0 Å². The molecule has 6 nitrogen and oxygen atoms in total. The second-order valence-corrected chi connectivity index (χ2v) is 7.47. The van der Waals surface area contributed by atoms with Crippen molar-refractivity contribution in [3.8, 4) is 5.75 Å². The van der Waals surface area contributed by atoms with Crippen molar-refractivity contribution in [2.75, 3.05) is 31.8 Å². The standard InChI is InChI=1S/C22H24ClN3O3/c1-3-29-11-10-25-18-7-5-4-6-17(18)24-22(25)15-12-21(27)26(14-15)19-13-16(23)8-9-20(19)28-2/h4-9,13,15H,3,10-12,14H2,1-2H3. The molecule has 1 fully saturated rings. The van der Waals surface area contributed by atoms with Gasteiger partial charge in [-0.3, -0.25) is 4.79 Å². The maximum absolute atomic E-state index is 12.9. The normalized spacial score (nSPS) is 16.7. The molecule has 0 radical (unpaired) electrons. The number of benzene rings is 2. The van der Waals surface area contributed by atoms with Crippen LogP contribution in [0.15, 0.2) is 42.5 Å². The van der Waals surface area contributed by atoms with Gasteiger partial charge in [0, 0.05) is 37.1 Å². The van der Waals surface area contributed by atoms with Crippen LogP contribution in [0.2, 0.25) is 5.02 Å². The highest BCUT2D eigenvalue weighted by molar-refractivity contribution is 6.31. The second kappa shape index (κ2) is 8.43.